The lowest BCUT2D eigenvalue weighted by Crippen LogP contribution is -2.61. The minimum absolute atomic E-state index is 0.456. The van der Waals surface area contributed by atoms with E-state index in [1.54, 1.807) is 0 Å². The van der Waals surface area contributed by atoms with Crippen LogP contribution in [-0.2, 0) is 0 Å². The van der Waals surface area contributed by atoms with Gasteiger partial charge in [-0.3, -0.25) is 4.90 Å². The second-order valence-electron chi connectivity index (χ2n) is 6.17. The molecule has 1 aliphatic carbocycles. The van der Waals surface area contributed by atoms with Gasteiger partial charge in [-0.15, -0.1) is 0 Å². The van der Waals surface area contributed by atoms with Gasteiger partial charge in [0.15, 0.2) is 0 Å². The quantitative estimate of drug-likeness (QED) is 0.693. The fourth-order valence-electron chi connectivity index (χ4n) is 3.30. The lowest BCUT2D eigenvalue weighted by Gasteiger charge is -2.50. The first kappa shape index (κ1) is 10.4. The Balaban J connectivity index is 1.90. The van der Waals surface area contributed by atoms with Crippen molar-refractivity contribution < 1.29 is 0 Å². The summed E-state index contributed by atoms with van der Waals surface area (Å²) in [4.78, 5) is 2.59. The van der Waals surface area contributed by atoms with Crippen molar-refractivity contribution in [2.45, 2.75) is 52.1 Å². The van der Waals surface area contributed by atoms with Gasteiger partial charge in [-0.05, 0) is 30.6 Å². The number of nitrogens with two attached hydrogens (primary N) is 1. The van der Waals surface area contributed by atoms with E-state index in [2.05, 4.69) is 25.7 Å². The first-order valence-electron chi connectivity index (χ1n) is 5.97. The summed E-state index contributed by atoms with van der Waals surface area (Å²) in [6.07, 6.45) is 4.14. The number of hydrogen-bond acceptors (Lipinski definition) is 2. The Hall–Kier alpha value is -0.0800. The number of rotatable bonds is 1. The first-order chi connectivity index (χ1) is 6.48. The molecular weight excluding hydrogens is 172 g/mol. The van der Waals surface area contributed by atoms with Crippen LogP contribution < -0.4 is 5.73 Å². The van der Waals surface area contributed by atoms with E-state index >= 15 is 0 Å². The molecule has 14 heavy (non-hydrogen) atoms. The van der Waals surface area contributed by atoms with Crippen LogP contribution in [0.5, 0.6) is 0 Å². The second-order valence-corrected chi connectivity index (χ2v) is 6.17. The summed E-state index contributed by atoms with van der Waals surface area (Å²) in [6.45, 7) is 9.49. The smallest absolute Gasteiger partial charge is 0.0297 e. The lowest BCUT2D eigenvalue weighted by atomic mass is 9.69. The third-order valence-corrected chi connectivity index (χ3v) is 4.06. The first-order valence-corrected chi connectivity index (χ1v) is 5.97. The van der Waals surface area contributed by atoms with Crippen molar-refractivity contribution in [2.24, 2.45) is 17.1 Å². The summed E-state index contributed by atoms with van der Waals surface area (Å²) in [6, 6.07) is 1.28. The predicted octanol–water partition coefficient (Wildman–Crippen LogP) is 1.84. The third kappa shape index (κ3) is 1.96. The molecule has 82 valence electrons. The number of likely N-dealkylation sites (tertiary alicyclic amines) is 1. The zero-order valence-electron chi connectivity index (χ0n) is 9.79. The summed E-state index contributed by atoms with van der Waals surface area (Å²) in [5.74, 6) is 0.853. The van der Waals surface area contributed by atoms with Crippen molar-refractivity contribution in [3.8, 4) is 0 Å². The Morgan fingerprint density at radius 2 is 1.93 bits per heavy atom. The summed E-state index contributed by atoms with van der Waals surface area (Å²) >= 11 is 0. The van der Waals surface area contributed by atoms with Crippen molar-refractivity contribution in [3.63, 3.8) is 0 Å². The zero-order valence-corrected chi connectivity index (χ0v) is 9.79. The molecule has 2 unspecified atom stereocenters. The van der Waals surface area contributed by atoms with Gasteiger partial charge < -0.3 is 5.73 Å². The highest BCUT2D eigenvalue weighted by molar-refractivity contribution is 4.94. The standard InChI is InChI=1S/C12H24N2/c1-9-6-12(2,3)5-4-11(9)14-7-10(13)8-14/h9-11H,4-8,13H2,1-3H3. The molecular formula is C12H24N2. The van der Waals surface area contributed by atoms with Crippen LogP contribution in [-0.4, -0.2) is 30.1 Å². The van der Waals surface area contributed by atoms with Crippen molar-refractivity contribution in [3.05, 3.63) is 0 Å². The van der Waals surface area contributed by atoms with E-state index in [0.717, 1.165) is 25.0 Å². The summed E-state index contributed by atoms with van der Waals surface area (Å²) in [7, 11) is 0. The molecule has 0 aromatic rings. The predicted molar refractivity (Wildman–Crippen MR) is 60.1 cm³/mol. The normalized spacial score (nSPS) is 39.4. The Morgan fingerprint density at radius 3 is 2.43 bits per heavy atom. The Kier molecular flexibility index (Phi) is 2.61. The van der Waals surface area contributed by atoms with Crippen molar-refractivity contribution >= 4 is 0 Å². The molecule has 1 saturated heterocycles. The molecule has 0 amide bonds. The van der Waals surface area contributed by atoms with Crippen LogP contribution in [0, 0.1) is 11.3 Å². The fourth-order valence-corrected chi connectivity index (χ4v) is 3.30. The molecule has 0 radical (unpaired) electrons. The summed E-state index contributed by atoms with van der Waals surface area (Å²) in [5, 5.41) is 0. The highest BCUT2D eigenvalue weighted by Gasteiger charge is 2.38. The molecule has 2 atom stereocenters. The molecule has 0 aromatic heterocycles. The van der Waals surface area contributed by atoms with Gasteiger partial charge in [0.25, 0.3) is 0 Å². The van der Waals surface area contributed by atoms with E-state index in [-0.39, 0.29) is 0 Å². The third-order valence-electron chi connectivity index (χ3n) is 4.06. The minimum Gasteiger partial charge on any atom is -0.325 e. The monoisotopic (exact) mass is 196 g/mol. The molecule has 0 aromatic carbocycles. The zero-order chi connectivity index (χ0) is 10.3. The van der Waals surface area contributed by atoms with Crippen LogP contribution in [0.2, 0.25) is 0 Å². The van der Waals surface area contributed by atoms with Crippen molar-refractivity contribution in [1.29, 1.82) is 0 Å². The van der Waals surface area contributed by atoms with Crippen LogP contribution in [0.4, 0.5) is 0 Å². The van der Waals surface area contributed by atoms with E-state index in [1.807, 2.05) is 0 Å². The molecule has 2 aliphatic rings. The van der Waals surface area contributed by atoms with Crippen LogP contribution >= 0.6 is 0 Å². The highest BCUT2D eigenvalue weighted by Crippen LogP contribution is 2.41. The van der Waals surface area contributed by atoms with Gasteiger partial charge in [-0.1, -0.05) is 20.8 Å². The average molecular weight is 196 g/mol. The van der Waals surface area contributed by atoms with E-state index in [0.29, 0.717) is 11.5 Å². The molecule has 0 bridgehead atoms. The molecule has 2 heteroatoms. The highest BCUT2D eigenvalue weighted by atomic mass is 15.2. The molecule has 0 spiro atoms. The maximum absolute atomic E-state index is 5.83. The number of nitrogens with zero attached hydrogens (tertiary/aromatic N) is 1. The van der Waals surface area contributed by atoms with E-state index in [9.17, 15) is 0 Å². The van der Waals surface area contributed by atoms with Crippen molar-refractivity contribution in [2.75, 3.05) is 13.1 Å². The summed E-state index contributed by atoms with van der Waals surface area (Å²) < 4.78 is 0. The molecule has 1 aliphatic heterocycles. The van der Waals surface area contributed by atoms with Gasteiger partial charge in [0.2, 0.25) is 0 Å². The maximum Gasteiger partial charge on any atom is 0.0297 e. The minimum atomic E-state index is 0.456. The van der Waals surface area contributed by atoms with Crippen LogP contribution in [0.3, 0.4) is 0 Å². The lowest BCUT2D eigenvalue weighted by molar-refractivity contribution is 0.0120. The van der Waals surface area contributed by atoms with Crippen LogP contribution in [0.1, 0.15) is 40.0 Å². The van der Waals surface area contributed by atoms with Gasteiger partial charge in [-0.25, -0.2) is 0 Å². The largest absolute Gasteiger partial charge is 0.325 e. The topological polar surface area (TPSA) is 29.3 Å². The van der Waals surface area contributed by atoms with Gasteiger partial charge in [0, 0.05) is 25.2 Å². The van der Waals surface area contributed by atoms with Gasteiger partial charge in [-0.2, -0.15) is 0 Å². The second kappa shape index (κ2) is 3.49. The van der Waals surface area contributed by atoms with Gasteiger partial charge in [0.05, 0.1) is 0 Å². The maximum atomic E-state index is 5.83. The summed E-state index contributed by atoms with van der Waals surface area (Å²) in [5.41, 5.74) is 6.40. The Morgan fingerprint density at radius 1 is 1.29 bits per heavy atom. The number of hydrogen-bond donors (Lipinski definition) is 1. The molecule has 1 heterocycles. The molecule has 2 rings (SSSR count). The van der Waals surface area contributed by atoms with Gasteiger partial charge in [0.1, 0.15) is 0 Å². The fraction of sp³-hybridized carbons (Fsp3) is 1.00. The molecule has 2 nitrogen and oxygen atoms in total. The Labute approximate surface area is 87.8 Å². The van der Waals surface area contributed by atoms with Gasteiger partial charge >= 0.3 is 0 Å². The van der Waals surface area contributed by atoms with Crippen molar-refractivity contribution in [1.82, 2.24) is 4.90 Å². The van der Waals surface area contributed by atoms with E-state index in [4.69, 9.17) is 5.73 Å². The molecule has 2 N–H and O–H groups in total. The van der Waals surface area contributed by atoms with Crippen LogP contribution in [0.25, 0.3) is 0 Å². The molecule has 2 fully saturated rings. The van der Waals surface area contributed by atoms with E-state index < -0.39 is 0 Å². The molecule has 1 saturated carbocycles. The Bertz CT molecular complexity index is 206. The average Bonchev–Trinajstić information content (AvgIpc) is 1.98. The SMILES string of the molecule is CC1CC(C)(C)CCC1N1CC(N)C1. The van der Waals surface area contributed by atoms with Crippen LogP contribution in [0.15, 0.2) is 0 Å². The van der Waals surface area contributed by atoms with E-state index in [1.165, 1.54) is 19.3 Å².